The molecule has 3 N–H and O–H groups in total. The van der Waals surface area contributed by atoms with Crippen molar-refractivity contribution in [2.45, 2.75) is 39.2 Å². The van der Waals surface area contributed by atoms with Crippen LogP contribution < -0.4 is 11.1 Å². The Balaban J connectivity index is 1.50. The number of nitrogens with zero attached hydrogens (tertiary/aromatic N) is 3. The third kappa shape index (κ3) is 3.99. The summed E-state index contributed by atoms with van der Waals surface area (Å²) in [6.07, 6.45) is 3.74. The Morgan fingerprint density at radius 1 is 1.03 bits per heavy atom. The van der Waals surface area contributed by atoms with Crippen molar-refractivity contribution in [2.24, 2.45) is 0 Å². The number of imidazole rings is 1. The quantitative estimate of drug-likeness (QED) is 0.430. The summed E-state index contributed by atoms with van der Waals surface area (Å²) in [5.41, 5.74) is 9.67. The monoisotopic (exact) mass is 401 g/mol. The first kappa shape index (κ1) is 19.9. The highest BCUT2D eigenvalue weighted by atomic mass is 16.1. The number of aryl methyl sites for hydroxylation is 2. The summed E-state index contributed by atoms with van der Waals surface area (Å²) in [4.78, 5) is 21.5. The number of pyridine rings is 1. The molecule has 4 aromatic rings. The molecule has 0 aliphatic rings. The molecule has 6 nitrogen and oxygen atoms in total. The van der Waals surface area contributed by atoms with Gasteiger partial charge < -0.3 is 15.6 Å². The number of hydrogen-bond acceptors (Lipinski definition) is 4. The van der Waals surface area contributed by atoms with Gasteiger partial charge in [-0.1, -0.05) is 43.3 Å². The second-order valence-electron chi connectivity index (χ2n) is 7.47. The molecule has 0 saturated heterocycles. The van der Waals surface area contributed by atoms with E-state index in [1.807, 2.05) is 48.5 Å². The first-order valence-electron chi connectivity index (χ1n) is 10.6. The molecule has 0 aliphatic carbocycles. The average molecular weight is 402 g/mol. The molecule has 0 atom stereocenters. The second kappa shape index (κ2) is 8.95. The van der Waals surface area contributed by atoms with Gasteiger partial charge >= 0.3 is 0 Å². The summed E-state index contributed by atoms with van der Waals surface area (Å²) in [6, 6.07) is 17.4. The zero-order valence-corrected chi connectivity index (χ0v) is 17.3. The average Bonchev–Trinajstić information content (AvgIpc) is 3.13. The van der Waals surface area contributed by atoms with Crippen LogP contribution in [-0.4, -0.2) is 27.0 Å². The van der Waals surface area contributed by atoms with Crippen molar-refractivity contribution in [1.29, 1.82) is 0 Å². The van der Waals surface area contributed by atoms with E-state index in [1.165, 1.54) is 0 Å². The Kier molecular flexibility index (Phi) is 5.93. The first-order valence-corrected chi connectivity index (χ1v) is 10.6. The maximum absolute atomic E-state index is 12.2. The number of fused-ring (bicyclic) bond motifs is 3. The number of nitrogen functional groups attached to an aromatic ring is 1. The zero-order valence-electron chi connectivity index (χ0n) is 17.3. The third-order valence-electron chi connectivity index (χ3n) is 5.29. The molecule has 2 aromatic carbocycles. The van der Waals surface area contributed by atoms with E-state index in [0.29, 0.717) is 17.9 Å². The normalized spacial score (nSPS) is 11.2. The van der Waals surface area contributed by atoms with Gasteiger partial charge in [0, 0.05) is 30.5 Å². The van der Waals surface area contributed by atoms with E-state index in [0.717, 1.165) is 60.0 Å². The minimum absolute atomic E-state index is 0.0276. The van der Waals surface area contributed by atoms with Crippen LogP contribution in [0.2, 0.25) is 0 Å². The van der Waals surface area contributed by atoms with Gasteiger partial charge in [-0.3, -0.25) is 4.79 Å². The molecule has 2 aromatic heterocycles. The number of anilines is 1. The van der Waals surface area contributed by atoms with Crippen LogP contribution in [0.1, 0.15) is 42.4 Å². The van der Waals surface area contributed by atoms with Gasteiger partial charge in [0.1, 0.15) is 11.3 Å². The standard InChI is InChI=1S/C24H27N5O/c1-2-10-20-28-21-22(18-13-6-7-14-19(18)27-23(21)25)29(20)16-9-8-15-26-24(30)17-11-4-3-5-12-17/h3-7,11-14H,2,8-10,15-16H2,1H3,(H2,25,27)(H,26,30). The molecular weight excluding hydrogens is 374 g/mol. The molecule has 4 rings (SSSR count). The SMILES string of the molecule is CCCc1nc2c(N)nc3ccccc3c2n1CCCCNC(=O)c1ccccc1. The Bertz CT molecular complexity index is 1170. The lowest BCUT2D eigenvalue weighted by Gasteiger charge is -2.11. The maximum atomic E-state index is 12.2. The lowest BCUT2D eigenvalue weighted by atomic mass is 10.2. The molecule has 0 aliphatic heterocycles. The van der Waals surface area contributed by atoms with Crippen molar-refractivity contribution in [3.63, 3.8) is 0 Å². The van der Waals surface area contributed by atoms with Crippen molar-refractivity contribution in [2.75, 3.05) is 12.3 Å². The molecule has 0 saturated carbocycles. The number of hydrogen-bond donors (Lipinski definition) is 2. The highest BCUT2D eigenvalue weighted by molar-refractivity contribution is 6.06. The van der Waals surface area contributed by atoms with Gasteiger partial charge in [-0.25, -0.2) is 9.97 Å². The topological polar surface area (TPSA) is 85.8 Å². The number of nitrogens with one attached hydrogen (secondary N) is 1. The van der Waals surface area contributed by atoms with E-state index in [9.17, 15) is 4.79 Å². The van der Waals surface area contributed by atoms with Crippen LogP contribution in [0.3, 0.4) is 0 Å². The predicted octanol–water partition coefficient (Wildman–Crippen LogP) is 4.33. The fourth-order valence-corrected chi connectivity index (χ4v) is 3.85. The van der Waals surface area contributed by atoms with Crippen molar-refractivity contribution in [3.8, 4) is 0 Å². The number of aromatic nitrogens is 3. The molecule has 0 bridgehead atoms. The van der Waals surface area contributed by atoms with E-state index in [4.69, 9.17) is 10.7 Å². The summed E-state index contributed by atoms with van der Waals surface area (Å²) >= 11 is 0. The minimum Gasteiger partial charge on any atom is -0.382 e. The number of carbonyl (C=O) groups excluding carboxylic acids is 1. The van der Waals surface area contributed by atoms with Gasteiger partial charge in [-0.05, 0) is 37.5 Å². The van der Waals surface area contributed by atoms with Gasteiger partial charge in [0.05, 0.1) is 11.0 Å². The number of carbonyl (C=O) groups is 1. The summed E-state index contributed by atoms with van der Waals surface area (Å²) in [5, 5.41) is 4.08. The van der Waals surface area contributed by atoms with Crippen LogP contribution >= 0.6 is 0 Å². The molecular formula is C24H27N5O. The molecule has 0 spiro atoms. The lowest BCUT2D eigenvalue weighted by molar-refractivity contribution is 0.0953. The van der Waals surface area contributed by atoms with Crippen molar-refractivity contribution in [1.82, 2.24) is 19.9 Å². The summed E-state index contributed by atoms with van der Waals surface area (Å²) in [5.74, 6) is 1.50. The maximum Gasteiger partial charge on any atom is 0.251 e. The molecule has 6 heteroatoms. The van der Waals surface area contributed by atoms with Gasteiger partial charge in [0.15, 0.2) is 5.82 Å². The van der Waals surface area contributed by atoms with E-state index >= 15 is 0 Å². The smallest absolute Gasteiger partial charge is 0.251 e. The Hall–Kier alpha value is -3.41. The van der Waals surface area contributed by atoms with Crippen molar-refractivity contribution in [3.05, 3.63) is 66.0 Å². The lowest BCUT2D eigenvalue weighted by Crippen LogP contribution is -2.24. The molecule has 2 heterocycles. The number of rotatable bonds is 8. The zero-order chi connectivity index (χ0) is 20.9. The summed E-state index contributed by atoms with van der Waals surface area (Å²) in [7, 11) is 0. The van der Waals surface area contributed by atoms with Crippen LogP contribution in [0, 0.1) is 0 Å². The third-order valence-corrected chi connectivity index (χ3v) is 5.29. The molecule has 0 unspecified atom stereocenters. The first-order chi connectivity index (χ1) is 14.7. The van der Waals surface area contributed by atoms with E-state index in [2.05, 4.69) is 27.9 Å². The van der Waals surface area contributed by atoms with Crippen LogP contribution in [0.15, 0.2) is 54.6 Å². The van der Waals surface area contributed by atoms with Crippen LogP contribution in [-0.2, 0) is 13.0 Å². The number of amides is 1. The fourth-order valence-electron chi connectivity index (χ4n) is 3.85. The van der Waals surface area contributed by atoms with Crippen molar-refractivity contribution >= 4 is 33.7 Å². The fraction of sp³-hybridized carbons (Fsp3) is 0.292. The Morgan fingerprint density at radius 3 is 2.60 bits per heavy atom. The van der Waals surface area contributed by atoms with Gasteiger partial charge in [-0.2, -0.15) is 0 Å². The Labute approximate surface area is 176 Å². The van der Waals surface area contributed by atoms with Crippen LogP contribution in [0.4, 0.5) is 5.82 Å². The van der Waals surface area contributed by atoms with Crippen LogP contribution in [0.25, 0.3) is 21.9 Å². The molecule has 154 valence electrons. The van der Waals surface area contributed by atoms with E-state index in [1.54, 1.807) is 0 Å². The predicted molar refractivity (Wildman–Crippen MR) is 121 cm³/mol. The minimum atomic E-state index is -0.0276. The molecule has 30 heavy (non-hydrogen) atoms. The van der Waals surface area contributed by atoms with Gasteiger partial charge in [-0.15, -0.1) is 0 Å². The van der Waals surface area contributed by atoms with Crippen LogP contribution in [0.5, 0.6) is 0 Å². The molecule has 1 amide bonds. The highest BCUT2D eigenvalue weighted by Crippen LogP contribution is 2.29. The van der Waals surface area contributed by atoms with E-state index < -0.39 is 0 Å². The van der Waals surface area contributed by atoms with Gasteiger partial charge in [0.25, 0.3) is 5.91 Å². The number of unbranched alkanes of at least 4 members (excludes halogenated alkanes) is 1. The number of benzene rings is 2. The highest BCUT2D eigenvalue weighted by Gasteiger charge is 2.16. The summed E-state index contributed by atoms with van der Waals surface area (Å²) in [6.45, 7) is 3.64. The largest absolute Gasteiger partial charge is 0.382 e. The van der Waals surface area contributed by atoms with Gasteiger partial charge in [0.2, 0.25) is 0 Å². The van der Waals surface area contributed by atoms with Crippen molar-refractivity contribution < 1.29 is 4.79 Å². The second-order valence-corrected chi connectivity index (χ2v) is 7.47. The number of para-hydroxylation sites is 1. The molecule has 0 fully saturated rings. The number of nitrogens with two attached hydrogens (primary N) is 1. The summed E-state index contributed by atoms with van der Waals surface area (Å²) < 4.78 is 2.29. The van der Waals surface area contributed by atoms with E-state index in [-0.39, 0.29) is 5.91 Å². The Morgan fingerprint density at radius 2 is 1.80 bits per heavy atom. The molecule has 0 radical (unpaired) electrons.